The summed E-state index contributed by atoms with van der Waals surface area (Å²) >= 11 is 3.32. The molecule has 0 atom stereocenters. The van der Waals surface area contributed by atoms with Gasteiger partial charge in [-0.1, -0.05) is 34.1 Å². The minimum absolute atomic E-state index is 0.328. The standard InChI is InChI=1S/C22H17BrN2O4/c1-28-19-11-9-15(10-12-19)22(27)29-20-8-3-2-5-17(20)14-24-25-21(26)16-6-4-7-18(23)13-16/h2-14H,1H3,(H,25,26)/b24-14-. The first-order valence-corrected chi connectivity index (χ1v) is 9.40. The molecule has 0 saturated carbocycles. The van der Waals surface area contributed by atoms with Crippen molar-refractivity contribution < 1.29 is 19.1 Å². The molecule has 0 fully saturated rings. The number of amides is 1. The maximum Gasteiger partial charge on any atom is 0.343 e. The first-order valence-electron chi connectivity index (χ1n) is 8.61. The molecule has 6 nitrogen and oxygen atoms in total. The molecule has 0 bridgehead atoms. The molecule has 1 amide bonds. The Morgan fingerprint density at radius 3 is 2.45 bits per heavy atom. The highest BCUT2D eigenvalue weighted by molar-refractivity contribution is 9.10. The molecule has 7 heteroatoms. The van der Waals surface area contributed by atoms with Gasteiger partial charge in [-0.05, 0) is 54.6 Å². The average molecular weight is 453 g/mol. The van der Waals surface area contributed by atoms with Gasteiger partial charge >= 0.3 is 5.97 Å². The fourth-order valence-electron chi connectivity index (χ4n) is 2.42. The van der Waals surface area contributed by atoms with E-state index in [-0.39, 0.29) is 5.91 Å². The molecular weight excluding hydrogens is 436 g/mol. The van der Waals surface area contributed by atoms with Gasteiger partial charge in [-0.15, -0.1) is 0 Å². The summed E-state index contributed by atoms with van der Waals surface area (Å²) in [6.45, 7) is 0. The first-order chi connectivity index (χ1) is 14.1. The molecule has 29 heavy (non-hydrogen) atoms. The summed E-state index contributed by atoms with van der Waals surface area (Å²) in [6.07, 6.45) is 1.42. The Kier molecular flexibility index (Phi) is 6.76. The Bertz CT molecular complexity index is 1050. The van der Waals surface area contributed by atoms with E-state index in [0.717, 1.165) is 4.47 Å². The Balaban J connectivity index is 1.68. The van der Waals surface area contributed by atoms with Crippen LogP contribution in [0.4, 0.5) is 0 Å². The Labute approximate surface area is 176 Å². The number of hydrogen-bond acceptors (Lipinski definition) is 5. The molecule has 3 rings (SSSR count). The molecule has 0 aliphatic rings. The molecule has 0 saturated heterocycles. The zero-order valence-corrected chi connectivity index (χ0v) is 17.0. The van der Waals surface area contributed by atoms with Gasteiger partial charge in [-0.2, -0.15) is 5.10 Å². The van der Waals surface area contributed by atoms with Crippen LogP contribution in [0.1, 0.15) is 26.3 Å². The summed E-state index contributed by atoms with van der Waals surface area (Å²) in [5.41, 5.74) is 3.86. The van der Waals surface area contributed by atoms with E-state index in [1.54, 1.807) is 73.8 Å². The van der Waals surface area contributed by atoms with Crippen LogP contribution in [0.5, 0.6) is 11.5 Å². The molecule has 0 aliphatic carbocycles. The molecule has 1 N–H and O–H groups in total. The Morgan fingerprint density at radius 2 is 1.72 bits per heavy atom. The molecule has 0 aromatic heterocycles. The normalized spacial score (nSPS) is 10.6. The van der Waals surface area contributed by atoms with Gasteiger partial charge in [0, 0.05) is 15.6 Å². The SMILES string of the molecule is COc1ccc(C(=O)Oc2ccccc2/C=N\NC(=O)c2cccc(Br)c2)cc1. The number of halogens is 1. The molecule has 0 heterocycles. The van der Waals surface area contributed by atoms with Gasteiger partial charge in [0.25, 0.3) is 5.91 Å². The number of ether oxygens (including phenoxy) is 2. The number of nitrogens with one attached hydrogen (secondary N) is 1. The Hall–Kier alpha value is -3.45. The number of carbonyl (C=O) groups is 2. The summed E-state index contributed by atoms with van der Waals surface area (Å²) < 4.78 is 11.4. The maximum atomic E-state index is 12.4. The van der Waals surface area contributed by atoms with Crippen molar-refractivity contribution in [2.45, 2.75) is 0 Å². The minimum atomic E-state index is -0.508. The highest BCUT2D eigenvalue weighted by Gasteiger charge is 2.11. The molecule has 0 radical (unpaired) electrons. The van der Waals surface area contributed by atoms with Crippen molar-refractivity contribution in [3.8, 4) is 11.5 Å². The summed E-state index contributed by atoms with van der Waals surface area (Å²) in [5.74, 6) is 0.117. The second kappa shape index (κ2) is 9.66. The van der Waals surface area contributed by atoms with E-state index < -0.39 is 5.97 Å². The van der Waals surface area contributed by atoms with Gasteiger partial charge in [0.1, 0.15) is 11.5 Å². The van der Waals surface area contributed by atoms with Crippen molar-refractivity contribution in [3.63, 3.8) is 0 Å². The zero-order valence-electron chi connectivity index (χ0n) is 15.5. The fourth-order valence-corrected chi connectivity index (χ4v) is 2.82. The highest BCUT2D eigenvalue weighted by atomic mass is 79.9. The van der Waals surface area contributed by atoms with Crippen LogP contribution in [0.25, 0.3) is 0 Å². The quantitative estimate of drug-likeness (QED) is 0.259. The highest BCUT2D eigenvalue weighted by Crippen LogP contribution is 2.19. The second-order valence-electron chi connectivity index (χ2n) is 5.87. The van der Waals surface area contributed by atoms with Crippen LogP contribution in [0.15, 0.2) is 82.4 Å². The first kappa shape index (κ1) is 20.3. The van der Waals surface area contributed by atoms with Crippen LogP contribution in [0.2, 0.25) is 0 Å². The summed E-state index contributed by atoms with van der Waals surface area (Å²) in [6, 6.07) is 20.5. The number of hydrogen-bond donors (Lipinski definition) is 1. The number of nitrogens with zero attached hydrogens (tertiary/aromatic N) is 1. The van der Waals surface area contributed by atoms with E-state index in [2.05, 4.69) is 26.5 Å². The van der Waals surface area contributed by atoms with Crippen LogP contribution < -0.4 is 14.9 Å². The number of esters is 1. The van der Waals surface area contributed by atoms with Crippen molar-refractivity contribution in [1.82, 2.24) is 5.43 Å². The zero-order chi connectivity index (χ0) is 20.6. The van der Waals surface area contributed by atoms with Crippen molar-refractivity contribution >= 4 is 34.0 Å². The molecule has 0 aliphatic heterocycles. The summed E-state index contributed by atoms with van der Waals surface area (Å²) in [7, 11) is 1.55. The number of hydrazone groups is 1. The van der Waals surface area contributed by atoms with Crippen LogP contribution >= 0.6 is 15.9 Å². The number of rotatable bonds is 6. The van der Waals surface area contributed by atoms with Gasteiger partial charge < -0.3 is 9.47 Å². The predicted octanol–water partition coefficient (Wildman–Crippen LogP) is 4.44. The van der Waals surface area contributed by atoms with Gasteiger partial charge in [0.15, 0.2) is 0 Å². The number of para-hydroxylation sites is 1. The lowest BCUT2D eigenvalue weighted by Gasteiger charge is -2.08. The fraction of sp³-hybridized carbons (Fsp3) is 0.0455. The molecule has 0 spiro atoms. The lowest BCUT2D eigenvalue weighted by atomic mass is 10.2. The molecule has 146 valence electrons. The third-order valence-electron chi connectivity index (χ3n) is 3.90. The number of carbonyl (C=O) groups excluding carboxylic acids is 2. The topological polar surface area (TPSA) is 77.0 Å². The van der Waals surface area contributed by atoms with E-state index in [0.29, 0.717) is 28.2 Å². The van der Waals surface area contributed by atoms with Crippen molar-refractivity contribution in [2.75, 3.05) is 7.11 Å². The second-order valence-corrected chi connectivity index (χ2v) is 6.78. The Morgan fingerprint density at radius 1 is 0.966 bits per heavy atom. The van der Waals surface area contributed by atoms with Gasteiger partial charge in [-0.25, -0.2) is 10.2 Å². The third kappa shape index (κ3) is 5.52. The van der Waals surface area contributed by atoms with Crippen LogP contribution in [0, 0.1) is 0 Å². The number of benzene rings is 3. The van der Waals surface area contributed by atoms with Crippen molar-refractivity contribution in [2.24, 2.45) is 5.10 Å². The smallest absolute Gasteiger partial charge is 0.343 e. The lowest BCUT2D eigenvalue weighted by Crippen LogP contribution is -2.17. The third-order valence-corrected chi connectivity index (χ3v) is 4.40. The maximum absolute atomic E-state index is 12.4. The predicted molar refractivity (Wildman–Crippen MR) is 114 cm³/mol. The van der Waals surface area contributed by atoms with E-state index in [1.165, 1.54) is 6.21 Å². The minimum Gasteiger partial charge on any atom is -0.497 e. The summed E-state index contributed by atoms with van der Waals surface area (Å²) in [5, 5.41) is 3.96. The molecule has 3 aromatic rings. The van der Waals surface area contributed by atoms with E-state index >= 15 is 0 Å². The van der Waals surface area contributed by atoms with E-state index in [1.807, 2.05) is 6.07 Å². The molecule has 0 unspecified atom stereocenters. The van der Waals surface area contributed by atoms with Gasteiger partial charge in [0.05, 0.1) is 18.9 Å². The lowest BCUT2D eigenvalue weighted by molar-refractivity contribution is 0.0734. The molecular formula is C22H17BrN2O4. The summed E-state index contributed by atoms with van der Waals surface area (Å²) in [4.78, 5) is 24.5. The molecule has 3 aromatic carbocycles. The number of methoxy groups -OCH3 is 1. The van der Waals surface area contributed by atoms with Crippen molar-refractivity contribution in [3.05, 3.63) is 94.0 Å². The largest absolute Gasteiger partial charge is 0.497 e. The van der Waals surface area contributed by atoms with Crippen LogP contribution in [-0.2, 0) is 0 Å². The van der Waals surface area contributed by atoms with Crippen LogP contribution in [0.3, 0.4) is 0 Å². The monoisotopic (exact) mass is 452 g/mol. The average Bonchev–Trinajstić information content (AvgIpc) is 2.75. The van der Waals surface area contributed by atoms with Gasteiger partial charge in [-0.3, -0.25) is 4.79 Å². The van der Waals surface area contributed by atoms with E-state index in [4.69, 9.17) is 9.47 Å². The van der Waals surface area contributed by atoms with E-state index in [9.17, 15) is 9.59 Å². The van der Waals surface area contributed by atoms with Crippen LogP contribution in [-0.4, -0.2) is 25.2 Å². The van der Waals surface area contributed by atoms with Crippen molar-refractivity contribution in [1.29, 1.82) is 0 Å². The van der Waals surface area contributed by atoms with Gasteiger partial charge in [0.2, 0.25) is 0 Å².